The number of ether oxygens (including phenoxy) is 1. The predicted molar refractivity (Wildman–Crippen MR) is 87.3 cm³/mol. The van der Waals surface area contributed by atoms with Gasteiger partial charge in [0.1, 0.15) is 5.75 Å². The van der Waals surface area contributed by atoms with Crippen LogP contribution in [0.3, 0.4) is 0 Å². The largest absolute Gasteiger partial charge is 0.484 e. The molecule has 0 aliphatic carbocycles. The monoisotopic (exact) mass is 312 g/mol. The summed E-state index contributed by atoms with van der Waals surface area (Å²) in [7, 11) is 1.98. The predicted octanol–water partition coefficient (Wildman–Crippen LogP) is 2.31. The van der Waals surface area contributed by atoms with Gasteiger partial charge in [0.05, 0.1) is 0 Å². The summed E-state index contributed by atoms with van der Waals surface area (Å²) in [6.45, 7) is 5.89. The van der Waals surface area contributed by atoms with Gasteiger partial charge in [0, 0.05) is 19.1 Å². The average molecular weight is 313 g/mol. The summed E-state index contributed by atoms with van der Waals surface area (Å²) in [4.78, 5) is 14.0. The fourth-order valence-electron chi connectivity index (χ4n) is 2.46. The number of amides is 1. The number of carbonyl (C=O) groups is 1. The highest BCUT2D eigenvalue weighted by molar-refractivity contribution is 5.85. The maximum atomic E-state index is 12.1. The van der Waals surface area contributed by atoms with Crippen molar-refractivity contribution in [1.82, 2.24) is 10.2 Å². The zero-order valence-corrected chi connectivity index (χ0v) is 13.8. The van der Waals surface area contributed by atoms with Crippen LogP contribution in [-0.2, 0) is 4.79 Å². The van der Waals surface area contributed by atoms with Crippen molar-refractivity contribution in [3.05, 3.63) is 29.3 Å². The van der Waals surface area contributed by atoms with E-state index in [1.165, 1.54) is 11.1 Å². The molecule has 0 radical (unpaired) electrons. The molecule has 0 saturated carbocycles. The lowest BCUT2D eigenvalue weighted by atomic mass is 10.1. The summed E-state index contributed by atoms with van der Waals surface area (Å²) in [6.07, 6.45) is 2.04. The number of benzene rings is 1. The topological polar surface area (TPSA) is 41.6 Å². The number of likely N-dealkylation sites (tertiary alicyclic amines) is 1. The standard InChI is InChI=1S/C16H24N2O2.ClH/c1-12-4-5-15(10-13(12)2)20-11-16(19)18-8-6-14(17-3)7-9-18;/h4-5,10,14,17H,6-9,11H2,1-3H3;1H. The van der Waals surface area contributed by atoms with Gasteiger partial charge in [-0.15, -0.1) is 12.4 Å². The molecule has 5 heteroatoms. The lowest BCUT2D eigenvalue weighted by Gasteiger charge is -2.31. The Bertz CT molecular complexity index is 471. The number of nitrogens with one attached hydrogen (secondary N) is 1. The van der Waals surface area contributed by atoms with Crippen molar-refractivity contribution in [2.75, 3.05) is 26.7 Å². The molecule has 118 valence electrons. The Labute approximate surface area is 133 Å². The van der Waals surface area contributed by atoms with Crippen LogP contribution in [0, 0.1) is 13.8 Å². The van der Waals surface area contributed by atoms with Gasteiger partial charge < -0.3 is 15.0 Å². The van der Waals surface area contributed by atoms with Crippen LogP contribution in [0.15, 0.2) is 18.2 Å². The Morgan fingerprint density at radius 1 is 1.29 bits per heavy atom. The van der Waals surface area contributed by atoms with Gasteiger partial charge in [-0.25, -0.2) is 0 Å². The molecule has 0 atom stereocenters. The van der Waals surface area contributed by atoms with E-state index in [9.17, 15) is 4.79 Å². The molecule has 0 aromatic heterocycles. The second-order valence-electron chi connectivity index (χ2n) is 5.48. The molecule has 21 heavy (non-hydrogen) atoms. The Morgan fingerprint density at radius 3 is 2.52 bits per heavy atom. The highest BCUT2D eigenvalue weighted by Crippen LogP contribution is 2.17. The van der Waals surface area contributed by atoms with Gasteiger partial charge in [-0.2, -0.15) is 0 Å². The highest BCUT2D eigenvalue weighted by Gasteiger charge is 2.21. The minimum absolute atomic E-state index is 0. The number of aryl methyl sites for hydroxylation is 2. The zero-order valence-electron chi connectivity index (χ0n) is 13.0. The van der Waals surface area contributed by atoms with Crippen LogP contribution in [-0.4, -0.2) is 43.6 Å². The summed E-state index contributed by atoms with van der Waals surface area (Å²) >= 11 is 0. The molecular weight excluding hydrogens is 288 g/mol. The first-order valence-electron chi connectivity index (χ1n) is 7.25. The minimum atomic E-state index is 0. The van der Waals surface area contributed by atoms with E-state index in [2.05, 4.69) is 12.2 Å². The van der Waals surface area contributed by atoms with Crippen LogP contribution in [0.4, 0.5) is 0 Å². The maximum Gasteiger partial charge on any atom is 0.260 e. The molecule has 4 nitrogen and oxygen atoms in total. The quantitative estimate of drug-likeness (QED) is 0.927. The number of rotatable bonds is 4. The van der Waals surface area contributed by atoms with Crippen LogP contribution < -0.4 is 10.1 Å². The fourth-order valence-corrected chi connectivity index (χ4v) is 2.46. The van der Waals surface area contributed by atoms with Gasteiger partial charge in [-0.1, -0.05) is 6.07 Å². The number of hydrogen-bond acceptors (Lipinski definition) is 3. The fraction of sp³-hybridized carbons (Fsp3) is 0.562. The lowest BCUT2D eigenvalue weighted by molar-refractivity contribution is -0.134. The number of hydrogen-bond donors (Lipinski definition) is 1. The molecular formula is C16H25ClN2O2. The summed E-state index contributed by atoms with van der Waals surface area (Å²) in [5.74, 6) is 0.851. The van der Waals surface area contributed by atoms with Gasteiger partial charge >= 0.3 is 0 Å². The van der Waals surface area contributed by atoms with Crippen LogP contribution in [0.2, 0.25) is 0 Å². The second-order valence-corrected chi connectivity index (χ2v) is 5.48. The third kappa shape index (κ3) is 4.90. The van der Waals surface area contributed by atoms with Gasteiger partial charge in [0.15, 0.2) is 6.61 Å². The van der Waals surface area contributed by atoms with E-state index in [4.69, 9.17) is 4.74 Å². The highest BCUT2D eigenvalue weighted by atomic mass is 35.5. The molecule has 1 heterocycles. The number of carbonyl (C=O) groups excluding carboxylic acids is 1. The number of nitrogens with zero attached hydrogens (tertiary/aromatic N) is 1. The smallest absolute Gasteiger partial charge is 0.260 e. The molecule has 1 aliphatic heterocycles. The molecule has 0 spiro atoms. The van der Waals surface area contributed by atoms with Gasteiger partial charge in [0.25, 0.3) is 5.91 Å². The van der Waals surface area contributed by atoms with Crippen molar-refractivity contribution in [2.24, 2.45) is 0 Å². The van der Waals surface area contributed by atoms with Crippen LogP contribution in [0.25, 0.3) is 0 Å². The van der Waals surface area contributed by atoms with Gasteiger partial charge in [0.2, 0.25) is 0 Å². The average Bonchev–Trinajstić information content (AvgIpc) is 2.48. The van der Waals surface area contributed by atoms with Crippen molar-refractivity contribution in [3.63, 3.8) is 0 Å². The van der Waals surface area contributed by atoms with E-state index in [-0.39, 0.29) is 24.9 Å². The van der Waals surface area contributed by atoms with E-state index >= 15 is 0 Å². The molecule has 1 fully saturated rings. The summed E-state index contributed by atoms with van der Waals surface area (Å²) in [6, 6.07) is 6.46. The molecule has 0 unspecified atom stereocenters. The van der Waals surface area contributed by atoms with Gasteiger partial charge in [-0.05, 0) is 57.0 Å². The normalized spacial score (nSPS) is 15.5. The zero-order chi connectivity index (χ0) is 14.5. The van der Waals surface area contributed by atoms with Crippen molar-refractivity contribution in [3.8, 4) is 5.75 Å². The third-order valence-corrected chi connectivity index (χ3v) is 4.10. The summed E-state index contributed by atoms with van der Waals surface area (Å²) in [5, 5.41) is 3.26. The van der Waals surface area contributed by atoms with E-state index in [1.54, 1.807) is 0 Å². The first kappa shape index (κ1) is 17.8. The maximum absolute atomic E-state index is 12.1. The Kier molecular flexibility index (Phi) is 6.99. The van der Waals surface area contributed by atoms with E-state index < -0.39 is 0 Å². The van der Waals surface area contributed by atoms with Crippen LogP contribution in [0.1, 0.15) is 24.0 Å². The van der Waals surface area contributed by atoms with Crippen molar-refractivity contribution in [2.45, 2.75) is 32.7 Å². The van der Waals surface area contributed by atoms with Crippen molar-refractivity contribution < 1.29 is 9.53 Å². The SMILES string of the molecule is CNC1CCN(C(=O)COc2ccc(C)c(C)c2)CC1.Cl. The molecule has 1 aromatic rings. The molecule has 1 aromatic carbocycles. The van der Waals surface area contributed by atoms with Crippen molar-refractivity contribution in [1.29, 1.82) is 0 Å². The molecule has 1 amide bonds. The minimum Gasteiger partial charge on any atom is -0.484 e. The Morgan fingerprint density at radius 2 is 1.95 bits per heavy atom. The molecule has 1 N–H and O–H groups in total. The van der Waals surface area contributed by atoms with Crippen LogP contribution in [0.5, 0.6) is 5.75 Å². The molecule has 1 aliphatic rings. The molecule has 1 saturated heterocycles. The molecule has 0 bridgehead atoms. The first-order valence-corrected chi connectivity index (χ1v) is 7.25. The second kappa shape index (κ2) is 8.25. The summed E-state index contributed by atoms with van der Waals surface area (Å²) < 4.78 is 5.60. The van der Waals surface area contributed by atoms with Crippen LogP contribution >= 0.6 is 12.4 Å². The molecule has 2 rings (SSSR count). The Balaban J connectivity index is 0.00000220. The summed E-state index contributed by atoms with van der Waals surface area (Å²) in [5.41, 5.74) is 2.42. The van der Waals surface area contributed by atoms with E-state index in [1.807, 2.05) is 37.1 Å². The van der Waals surface area contributed by atoms with Gasteiger partial charge in [-0.3, -0.25) is 4.79 Å². The lowest BCUT2D eigenvalue weighted by Crippen LogP contribution is -2.45. The van der Waals surface area contributed by atoms with Crippen molar-refractivity contribution >= 4 is 18.3 Å². The van der Waals surface area contributed by atoms with E-state index in [0.29, 0.717) is 6.04 Å². The first-order chi connectivity index (χ1) is 9.60. The van der Waals surface area contributed by atoms with E-state index in [0.717, 1.165) is 31.7 Å². The Hall–Kier alpha value is -1.26. The number of piperidine rings is 1. The number of halogens is 1. The third-order valence-electron chi connectivity index (χ3n) is 4.10.